The summed E-state index contributed by atoms with van der Waals surface area (Å²) in [5.74, 6) is 0.925. The topological polar surface area (TPSA) is 24.9 Å². The van der Waals surface area contributed by atoms with Crippen molar-refractivity contribution in [3.05, 3.63) is 29.3 Å². The lowest BCUT2D eigenvalue weighted by atomic mass is 10.2. The van der Waals surface area contributed by atoms with Gasteiger partial charge in [-0.15, -0.1) is 11.3 Å². The van der Waals surface area contributed by atoms with E-state index in [2.05, 4.69) is 41.5 Å². The second-order valence-corrected chi connectivity index (χ2v) is 5.96. The third kappa shape index (κ3) is 2.50. The number of para-hydroxylation sites is 1. The van der Waals surface area contributed by atoms with Crippen molar-refractivity contribution in [3.63, 3.8) is 0 Å². The van der Waals surface area contributed by atoms with E-state index in [1.807, 2.05) is 11.3 Å². The number of hydrogen-bond acceptors (Lipinski definition) is 3. The van der Waals surface area contributed by atoms with Crippen LogP contribution in [0.2, 0.25) is 0 Å². The first-order valence-electron chi connectivity index (χ1n) is 6.44. The molecule has 2 aromatic rings. The molecule has 3 heteroatoms. The quantitative estimate of drug-likeness (QED) is 0.872. The number of nitrogens with one attached hydrogen (secondary N) is 1. The molecule has 1 fully saturated rings. The molecular weight excluding hydrogens is 228 g/mol. The molecule has 1 aromatic carbocycles. The molecule has 2 unspecified atom stereocenters. The molecular formula is C14H18N2S. The van der Waals surface area contributed by atoms with Gasteiger partial charge in [0.2, 0.25) is 0 Å². The lowest BCUT2D eigenvalue weighted by molar-refractivity contribution is 0.598. The molecule has 0 amide bonds. The number of nitrogens with zero attached hydrogens (tertiary/aromatic N) is 1. The van der Waals surface area contributed by atoms with Gasteiger partial charge in [0.1, 0.15) is 5.01 Å². The highest BCUT2D eigenvalue weighted by Gasteiger charge is 2.35. The fraction of sp³-hybridized carbons (Fsp3) is 0.500. The Morgan fingerprint density at radius 3 is 3.12 bits per heavy atom. The van der Waals surface area contributed by atoms with E-state index in [0.29, 0.717) is 0 Å². The van der Waals surface area contributed by atoms with E-state index in [0.717, 1.165) is 24.0 Å². The van der Waals surface area contributed by atoms with Crippen LogP contribution in [0.3, 0.4) is 0 Å². The second-order valence-electron chi connectivity index (χ2n) is 4.85. The first-order valence-corrected chi connectivity index (χ1v) is 7.26. The van der Waals surface area contributed by atoms with Crippen molar-refractivity contribution in [2.24, 2.45) is 5.92 Å². The molecule has 2 nitrogen and oxygen atoms in total. The molecule has 1 aromatic heterocycles. The normalized spacial score (nSPS) is 23.1. The summed E-state index contributed by atoms with van der Waals surface area (Å²) in [6.07, 6.45) is 4.04. The van der Waals surface area contributed by atoms with Crippen LogP contribution in [0.4, 0.5) is 0 Å². The highest BCUT2D eigenvalue weighted by atomic mass is 32.1. The van der Waals surface area contributed by atoms with Crippen LogP contribution in [-0.2, 0) is 6.54 Å². The zero-order valence-corrected chi connectivity index (χ0v) is 11.0. The minimum atomic E-state index is 0.752. The Kier molecular flexibility index (Phi) is 3.12. The molecule has 1 aliphatic carbocycles. The van der Waals surface area contributed by atoms with Gasteiger partial charge in [-0.3, -0.25) is 0 Å². The maximum atomic E-state index is 4.64. The number of fused-ring (bicyclic) bond motifs is 1. The second kappa shape index (κ2) is 4.75. The first kappa shape index (κ1) is 11.2. The Labute approximate surface area is 106 Å². The van der Waals surface area contributed by atoms with Gasteiger partial charge in [0.15, 0.2) is 0 Å². The third-order valence-electron chi connectivity index (χ3n) is 3.44. The summed E-state index contributed by atoms with van der Waals surface area (Å²) in [5, 5.41) is 4.83. The molecule has 0 saturated heterocycles. The van der Waals surface area contributed by atoms with Gasteiger partial charge in [-0.05, 0) is 30.9 Å². The molecule has 0 bridgehead atoms. The summed E-state index contributed by atoms with van der Waals surface area (Å²) in [6.45, 7) is 3.20. The highest BCUT2D eigenvalue weighted by Crippen LogP contribution is 2.35. The summed E-state index contributed by atoms with van der Waals surface area (Å²) in [5.41, 5.74) is 1.13. The predicted molar refractivity (Wildman–Crippen MR) is 73.3 cm³/mol. The van der Waals surface area contributed by atoms with Crippen molar-refractivity contribution in [2.45, 2.75) is 38.8 Å². The Balaban J connectivity index is 1.58. The van der Waals surface area contributed by atoms with Gasteiger partial charge >= 0.3 is 0 Å². The molecule has 17 heavy (non-hydrogen) atoms. The lowest BCUT2D eigenvalue weighted by Crippen LogP contribution is -2.17. The van der Waals surface area contributed by atoms with Gasteiger partial charge < -0.3 is 5.32 Å². The molecule has 90 valence electrons. The summed E-state index contributed by atoms with van der Waals surface area (Å²) >= 11 is 1.81. The van der Waals surface area contributed by atoms with E-state index in [4.69, 9.17) is 0 Å². The van der Waals surface area contributed by atoms with Crippen LogP contribution in [0.5, 0.6) is 0 Å². The molecule has 0 radical (unpaired) electrons. The maximum absolute atomic E-state index is 4.64. The smallest absolute Gasteiger partial charge is 0.108 e. The highest BCUT2D eigenvalue weighted by molar-refractivity contribution is 7.18. The van der Waals surface area contributed by atoms with Gasteiger partial charge in [-0.25, -0.2) is 4.98 Å². The van der Waals surface area contributed by atoms with Gasteiger partial charge in [0.05, 0.1) is 10.2 Å². The van der Waals surface area contributed by atoms with Crippen LogP contribution in [0.25, 0.3) is 10.2 Å². The number of hydrogen-bond donors (Lipinski definition) is 1. The van der Waals surface area contributed by atoms with E-state index < -0.39 is 0 Å². The van der Waals surface area contributed by atoms with Crippen LogP contribution in [-0.4, -0.2) is 11.0 Å². The van der Waals surface area contributed by atoms with Crippen molar-refractivity contribution in [1.82, 2.24) is 10.3 Å². The summed E-state index contributed by atoms with van der Waals surface area (Å²) in [7, 11) is 0. The fourth-order valence-corrected chi connectivity index (χ4v) is 3.32. The molecule has 1 heterocycles. The third-order valence-corrected chi connectivity index (χ3v) is 4.47. The lowest BCUT2D eigenvalue weighted by Gasteiger charge is -2.00. The number of rotatable bonds is 5. The molecule has 2 atom stereocenters. The fourth-order valence-electron chi connectivity index (χ4n) is 2.40. The van der Waals surface area contributed by atoms with Gasteiger partial charge in [0, 0.05) is 12.6 Å². The van der Waals surface area contributed by atoms with Crippen molar-refractivity contribution in [3.8, 4) is 0 Å². The maximum Gasteiger partial charge on any atom is 0.108 e. The molecule has 3 rings (SSSR count). The summed E-state index contributed by atoms with van der Waals surface area (Å²) < 4.78 is 1.30. The summed E-state index contributed by atoms with van der Waals surface area (Å²) in [4.78, 5) is 4.64. The van der Waals surface area contributed by atoms with Crippen LogP contribution >= 0.6 is 11.3 Å². The minimum Gasteiger partial charge on any atom is -0.307 e. The average molecular weight is 246 g/mol. The average Bonchev–Trinajstić information content (AvgIpc) is 2.94. The zero-order valence-electron chi connectivity index (χ0n) is 10.1. The van der Waals surface area contributed by atoms with Gasteiger partial charge in [-0.2, -0.15) is 0 Å². The Morgan fingerprint density at radius 2 is 2.29 bits per heavy atom. The van der Waals surface area contributed by atoms with Crippen LogP contribution in [0.1, 0.15) is 31.2 Å². The molecule has 0 aliphatic heterocycles. The van der Waals surface area contributed by atoms with E-state index >= 15 is 0 Å². The van der Waals surface area contributed by atoms with Gasteiger partial charge in [-0.1, -0.05) is 25.5 Å². The number of thiazole rings is 1. The predicted octanol–water partition coefficient (Wildman–Crippen LogP) is 3.57. The molecule has 1 aliphatic rings. The van der Waals surface area contributed by atoms with Crippen molar-refractivity contribution >= 4 is 21.6 Å². The Hall–Kier alpha value is -0.930. The van der Waals surface area contributed by atoms with Crippen molar-refractivity contribution in [1.29, 1.82) is 0 Å². The number of aromatic nitrogens is 1. The Bertz CT molecular complexity index is 473. The first-order chi connectivity index (χ1) is 8.36. The molecule has 0 spiro atoms. The molecule has 1 N–H and O–H groups in total. The summed E-state index contributed by atoms with van der Waals surface area (Å²) in [6, 6.07) is 9.12. The zero-order chi connectivity index (χ0) is 11.7. The van der Waals surface area contributed by atoms with E-state index in [9.17, 15) is 0 Å². The monoisotopic (exact) mass is 246 g/mol. The number of benzene rings is 1. The van der Waals surface area contributed by atoms with Crippen LogP contribution in [0, 0.1) is 5.92 Å². The van der Waals surface area contributed by atoms with Gasteiger partial charge in [0.25, 0.3) is 0 Å². The van der Waals surface area contributed by atoms with Crippen molar-refractivity contribution in [2.75, 3.05) is 0 Å². The van der Waals surface area contributed by atoms with Crippen LogP contribution < -0.4 is 5.32 Å². The Morgan fingerprint density at radius 1 is 1.41 bits per heavy atom. The molecule has 1 saturated carbocycles. The van der Waals surface area contributed by atoms with E-state index in [1.54, 1.807) is 0 Å². The standard InChI is InChI=1S/C14H18N2S/c1-2-5-10-8-12(10)15-9-14-16-11-6-3-4-7-13(11)17-14/h3-4,6-7,10,12,15H,2,5,8-9H2,1H3. The van der Waals surface area contributed by atoms with Crippen LogP contribution in [0.15, 0.2) is 24.3 Å². The minimum absolute atomic E-state index is 0.752. The largest absolute Gasteiger partial charge is 0.307 e. The van der Waals surface area contributed by atoms with Crippen molar-refractivity contribution < 1.29 is 0 Å². The SMILES string of the molecule is CCCC1CC1NCc1nc2ccccc2s1. The van der Waals surface area contributed by atoms with E-state index in [1.165, 1.54) is 29.0 Å². The van der Waals surface area contributed by atoms with E-state index in [-0.39, 0.29) is 0 Å².